The first-order valence-electron chi connectivity index (χ1n) is 7.71. The van der Waals surface area contributed by atoms with E-state index in [1.54, 1.807) is 0 Å². The second-order valence-corrected chi connectivity index (χ2v) is 5.63. The van der Waals surface area contributed by atoms with Gasteiger partial charge in [0.25, 0.3) is 0 Å². The van der Waals surface area contributed by atoms with Crippen LogP contribution in [-0.4, -0.2) is 10.1 Å². The lowest BCUT2D eigenvalue weighted by Gasteiger charge is -2.12. The van der Waals surface area contributed by atoms with Gasteiger partial charge in [-0.25, -0.2) is 4.98 Å². The van der Waals surface area contributed by atoms with Gasteiger partial charge in [-0.2, -0.15) is 0 Å². The molecule has 4 N–H and O–H groups in total. The van der Waals surface area contributed by atoms with Crippen molar-refractivity contribution in [1.82, 2.24) is 4.98 Å². The van der Waals surface area contributed by atoms with E-state index in [1.807, 2.05) is 60.7 Å². The van der Waals surface area contributed by atoms with Gasteiger partial charge in [-0.1, -0.05) is 36.4 Å². The first-order chi connectivity index (χ1) is 12.5. The monoisotopic (exact) mass is 347 g/mol. The van der Waals surface area contributed by atoms with Crippen LogP contribution < -0.4 is 11.5 Å². The Hall–Kier alpha value is -3.87. The molecule has 0 atom stereocenters. The molecule has 0 amide bonds. The van der Waals surface area contributed by atoms with E-state index >= 15 is 0 Å². The van der Waals surface area contributed by atoms with Crippen molar-refractivity contribution in [2.75, 3.05) is 11.5 Å². The minimum Gasteiger partial charge on any atom is -0.399 e. The third-order valence-corrected chi connectivity index (χ3v) is 3.90. The number of aromatic nitrogens is 1. The minimum atomic E-state index is -1.75. The second kappa shape index (κ2) is 6.94. The zero-order chi connectivity index (χ0) is 18.7. The van der Waals surface area contributed by atoms with Gasteiger partial charge in [-0.15, -0.1) is 0 Å². The SMILES string of the molecule is Nc1ccc(-c2c3ccccc3nc3cc(N)ccc23)cc1.O=[N+]([O-])[O-]. The predicted octanol–water partition coefficient (Wildman–Crippen LogP) is 3.98. The molecule has 26 heavy (non-hydrogen) atoms. The van der Waals surface area contributed by atoms with Crippen LogP contribution in [0.15, 0.2) is 66.7 Å². The number of benzene rings is 3. The van der Waals surface area contributed by atoms with E-state index in [-0.39, 0.29) is 0 Å². The molecule has 1 aromatic heterocycles. The molecule has 0 aliphatic carbocycles. The number of nitrogens with zero attached hydrogens (tertiary/aromatic N) is 2. The smallest absolute Gasteiger partial charge is 0.0736 e. The van der Waals surface area contributed by atoms with E-state index in [4.69, 9.17) is 31.8 Å². The largest absolute Gasteiger partial charge is 0.399 e. The van der Waals surface area contributed by atoms with E-state index in [2.05, 4.69) is 6.07 Å². The zero-order valence-electron chi connectivity index (χ0n) is 13.6. The fraction of sp³-hybridized carbons (Fsp3) is 0. The van der Waals surface area contributed by atoms with Gasteiger partial charge in [0.05, 0.1) is 16.1 Å². The number of hydrogen-bond donors (Lipinski definition) is 2. The fourth-order valence-electron chi connectivity index (χ4n) is 2.87. The lowest BCUT2D eigenvalue weighted by atomic mass is 9.96. The van der Waals surface area contributed by atoms with Crippen molar-refractivity contribution in [1.29, 1.82) is 0 Å². The van der Waals surface area contributed by atoms with Crippen molar-refractivity contribution < 1.29 is 5.09 Å². The molecule has 0 bridgehead atoms. The van der Waals surface area contributed by atoms with Gasteiger partial charge in [0.1, 0.15) is 0 Å². The number of hydrogen-bond acceptors (Lipinski definition) is 6. The summed E-state index contributed by atoms with van der Waals surface area (Å²) in [5, 5.41) is 17.0. The van der Waals surface area contributed by atoms with Crippen LogP contribution in [0.5, 0.6) is 0 Å². The quantitative estimate of drug-likeness (QED) is 0.232. The molecule has 0 aliphatic rings. The highest BCUT2D eigenvalue weighted by atomic mass is 16.9. The molecule has 0 saturated heterocycles. The molecule has 4 aromatic rings. The molecule has 0 saturated carbocycles. The highest BCUT2D eigenvalue weighted by Crippen LogP contribution is 2.35. The minimum absolute atomic E-state index is 0.721. The number of nitrogens with two attached hydrogens (primary N) is 2. The third-order valence-electron chi connectivity index (χ3n) is 3.90. The molecular formula is C19H15N4O3-. The van der Waals surface area contributed by atoms with Crippen LogP contribution in [-0.2, 0) is 0 Å². The van der Waals surface area contributed by atoms with Gasteiger partial charge >= 0.3 is 0 Å². The first kappa shape index (κ1) is 17.0. The topological polar surface area (TPSA) is 131 Å². The lowest BCUT2D eigenvalue weighted by molar-refractivity contribution is -0.402. The lowest BCUT2D eigenvalue weighted by Crippen LogP contribution is -1.92. The zero-order valence-corrected chi connectivity index (χ0v) is 13.6. The summed E-state index contributed by atoms with van der Waals surface area (Å²) >= 11 is 0. The van der Waals surface area contributed by atoms with Crippen molar-refractivity contribution in [3.8, 4) is 11.1 Å². The number of nitrogen functional groups attached to an aromatic ring is 2. The van der Waals surface area contributed by atoms with Crippen LogP contribution in [0.4, 0.5) is 11.4 Å². The van der Waals surface area contributed by atoms with Crippen molar-refractivity contribution >= 4 is 33.2 Å². The Balaban J connectivity index is 0.000000447. The van der Waals surface area contributed by atoms with E-state index in [1.165, 1.54) is 5.56 Å². The third kappa shape index (κ3) is 3.46. The molecule has 4 rings (SSSR count). The van der Waals surface area contributed by atoms with Gasteiger partial charge in [-0.05, 0) is 35.9 Å². The van der Waals surface area contributed by atoms with E-state index < -0.39 is 5.09 Å². The van der Waals surface area contributed by atoms with Crippen molar-refractivity contribution in [3.05, 3.63) is 82.1 Å². The average molecular weight is 347 g/mol. The maximum atomic E-state index is 8.25. The Kier molecular flexibility index (Phi) is 4.53. The van der Waals surface area contributed by atoms with E-state index in [0.29, 0.717) is 0 Å². The molecule has 0 radical (unpaired) electrons. The standard InChI is InChI=1S/C19H15N3.NO3/c20-13-7-5-12(6-8-13)19-15-3-1-2-4-17(15)22-18-11-14(21)9-10-16(18)19;2-1(3)4/h1-11H,20-21H2;/q;-1. The van der Waals surface area contributed by atoms with E-state index in [0.717, 1.165) is 38.7 Å². The summed E-state index contributed by atoms with van der Waals surface area (Å²) in [6.45, 7) is 0. The maximum Gasteiger partial charge on any atom is 0.0736 e. The summed E-state index contributed by atoms with van der Waals surface area (Å²) in [4.78, 5) is 13.0. The summed E-state index contributed by atoms with van der Waals surface area (Å²) in [6.07, 6.45) is 0. The normalized spacial score (nSPS) is 10.3. The van der Waals surface area contributed by atoms with Gasteiger partial charge in [-0.3, -0.25) is 0 Å². The van der Waals surface area contributed by atoms with Crippen LogP contribution >= 0.6 is 0 Å². The summed E-state index contributed by atoms with van der Waals surface area (Å²) in [7, 11) is 0. The molecular weight excluding hydrogens is 332 g/mol. The summed E-state index contributed by atoms with van der Waals surface area (Å²) < 4.78 is 0. The molecule has 130 valence electrons. The van der Waals surface area contributed by atoms with Gasteiger partial charge in [0.15, 0.2) is 0 Å². The second-order valence-electron chi connectivity index (χ2n) is 5.63. The first-order valence-corrected chi connectivity index (χ1v) is 7.71. The van der Waals surface area contributed by atoms with Crippen LogP contribution in [0.3, 0.4) is 0 Å². The van der Waals surface area contributed by atoms with Gasteiger partial charge < -0.3 is 26.8 Å². The summed E-state index contributed by atoms with van der Waals surface area (Å²) in [5.74, 6) is 0. The molecule has 3 aromatic carbocycles. The summed E-state index contributed by atoms with van der Waals surface area (Å²) in [5.41, 5.74) is 17.4. The molecule has 7 heteroatoms. The van der Waals surface area contributed by atoms with Gasteiger partial charge in [0, 0.05) is 27.7 Å². The van der Waals surface area contributed by atoms with Crippen LogP contribution in [0, 0.1) is 15.3 Å². The maximum absolute atomic E-state index is 8.25. The molecule has 7 nitrogen and oxygen atoms in total. The molecule has 0 aliphatic heterocycles. The number of para-hydroxylation sites is 1. The Bertz CT molecular complexity index is 1090. The number of anilines is 2. The molecule has 1 heterocycles. The molecule has 0 spiro atoms. The van der Waals surface area contributed by atoms with Crippen LogP contribution in [0.2, 0.25) is 0 Å². The molecule has 0 unspecified atom stereocenters. The van der Waals surface area contributed by atoms with Crippen LogP contribution in [0.1, 0.15) is 0 Å². The molecule has 0 fully saturated rings. The number of rotatable bonds is 1. The van der Waals surface area contributed by atoms with Crippen molar-refractivity contribution in [2.24, 2.45) is 0 Å². The number of pyridine rings is 1. The summed E-state index contributed by atoms with van der Waals surface area (Å²) in [6, 6.07) is 22.0. The highest BCUT2D eigenvalue weighted by Gasteiger charge is 2.11. The fourth-order valence-corrected chi connectivity index (χ4v) is 2.87. The predicted molar refractivity (Wildman–Crippen MR) is 104 cm³/mol. The van der Waals surface area contributed by atoms with Crippen molar-refractivity contribution in [3.63, 3.8) is 0 Å². The highest BCUT2D eigenvalue weighted by molar-refractivity contribution is 6.09. The number of fused-ring (bicyclic) bond motifs is 2. The Morgan fingerprint density at radius 2 is 1.35 bits per heavy atom. The van der Waals surface area contributed by atoms with Crippen molar-refractivity contribution in [2.45, 2.75) is 0 Å². The Labute approximate surface area is 148 Å². The average Bonchev–Trinajstić information content (AvgIpc) is 2.60. The Morgan fingerprint density at radius 3 is 2.04 bits per heavy atom. The van der Waals surface area contributed by atoms with Crippen LogP contribution in [0.25, 0.3) is 32.9 Å². The Morgan fingerprint density at radius 1 is 0.769 bits per heavy atom. The van der Waals surface area contributed by atoms with E-state index in [9.17, 15) is 0 Å². The van der Waals surface area contributed by atoms with Gasteiger partial charge in [0.2, 0.25) is 0 Å².